The topological polar surface area (TPSA) is 55.4 Å². The van der Waals surface area contributed by atoms with E-state index in [4.69, 9.17) is 0 Å². The summed E-state index contributed by atoms with van der Waals surface area (Å²) in [6.45, 7) is 2.15. The zero-order valence-electron chi connectivity index (χ0n) is 13.0. The van der Waals surface area contributed by atoms with Crippen molar-refractivity contribution in [1.82, 2.24) is 5.32 Å². The fourth-order valence-corrected chi connectivity index (χ4v) is 2.48. The van der Waals surface area contributed by atoms with E-state index in [1.54, 1.807) is 0 Å². The zero-order valence-corrected chi connectivity index (χ0v) is 13.0. The summed E-state index contributed by atoms with van der Waals surface area (Å²) in [6, 6.07) is 12.4. The summed E-state index contributed by atoms with van der Waals surface area (Å²) >= 11 is 0. The van der Waals surface area contributed by atoms with Gasteiger partial charge in [-0.05, 0) is 34.7 Å². The van der Waals surface area contributed by atoms with Gasteiger partial charge in [-0.2, -0.15) is 0 Å². The number of fused-ring (bicyclic) bond motifs is 1. The van der Waals surface area contributed by atoms with Gasteiger partial charge in [0.2, 0.25) is 5.91 Å². The SMILES string of the molecule is COC(=O)CCc1ccc2cccc(CCNC(C)=O)c2c1. The number of rotatable bonds is 6. The Morgan fingerprint density at radius 1 is 1.14 bits per heavy atom. The molecular weight excluding hydrogens is 278 g/mol. The molecule has 0 radical (unpaired) electrons. The van der Waals surface area contributed by atoms with Gasteiger partial charge in [-0.15, -0.1) is 0 Å². The number of methoxy groups -OCH3 is 1. The van der Waals surface area contributed by atoms with Crippen molar-refractivity contribution in [2.75, 3.05) is 13.7 Å². The Labute approximate surface area is 130 Å². The van der Waals surface area contributed by atoms with Crippen LogP contribution in [0, 0.1) is 0 Å². The molecule has 0 aliphatic rings. The number of amides is 1. The third-order valence-electron chi connectivity index (χ3n) is 3.65. The first kappa shape index (κ1) is 16.0. The number of hydrogen-bond donors (Lipinski definition) is 1. The van der Waals surface area contributed by atoms with Crippen molar-refractivity contribution in [2.45, 2.75) is 26.2 Å². The molecule has 2 aromatic carbocycles. The van der Waals surface area contributed by atoms with Crippen LogP contribution in [0.5, 0.6) is 0 Å². The van der Waals surface area contributed by atoms with Gasteiger partial charge in [0, 0.05) is 19.9 Å². The number of nitrogens with one attached hydrogen (secondary N) is 1. The maximum atomic E-state index is 11.3. The third kappa shape index (κ3) is 4.32. The summed E-state index contributed by atoms with van der Waals surface area (Å²) < 4.78 is 4.68. The fraction of sp³-hybridized carbons (Fsp3) is 0.333. The highest BCUT2D eigenvalue weighted by Crippen LogP contribution is 2.21. The molecule has 116 valence electrons. The van der Waals surface area contributed by atoms with Crippen LogP contribution in [0.4, 0.5) is 0 Å². The molecule has 2 rings (SSSR count). The van der Waals surface area contributed by atoms with Gasteiger partial charge in [-0.25, -0.2) is 0 Å². The molecule has 0 aromatic heterocycles. The van der Waals surface area contributed by atoms with Gasteiger partial charge in [0.05, 0.1) is 7.11 Å². The van der Waals surface area contributed by atoms with Crippen molar-refractivity contribution >= 4 is 22.6 Å². The number of carbonyl (C=O) groups is 2. The highest BCUT2D eigenvalue weighted by Gasteiger charge is 2.05. The predicted molar refractivity (Wildman–Crippen MR) is 86.7 cm³/mol. The molecule has 0 heterocycles. The van der Waals surface area contributed by atoms with Gasteiger partial charge in [-0.1, -0.05) is 36.4 Å². The van der Waals surface area contributed by atoms with Gasteiger partial charge in [-0.3, -0.25) is 9.59 Å². The van der Waals surface area contributed by atoms with E-state index in [9.17, 15) is 9.59 Å². The van der Waals surface area contributed by atoms with Crippen LogP contribution in [0.3, 0.4) is 0 Å². The first-order chi connectivity index (χ1) is 10.6. The molecule has 0 aliphatic carbocycles. The standard InChI is InChI=1S/C18H21NO3/c1-13(20)19-11-10-16-5-3-4-15-8-6-14(12-17(15)16)7-9-18(21)22-2/h3-6,8,12H,7,9-11H2,1-2H3,(H,19,20). The third-order valence-corrected chi connectivity index (χ3v) is 3.65. The molecule has 0 spiro atoms. The Morgan fingerprint density at radius 3 is 2.68 bits per heavy atom. The molecule has 0 saturated carbocycles. The lowest BCUT2D eigenvalue weighted by atomic mass is 9.98. The van der Waals surface area contributed by atoms with E-state index in [0.717, 1.165) is 12.0 Å². The number of hydrogen-bond acceptors (Lipinski definition) is 3. The maximum absolute atomic E-state index is 11.3. The minimum Gasteiger partial charge on any atom is -0.469 e. The zero-order chi connectivity index (χ0) is 15.9. The molecule has 0 saturated heterocycles. The minimum absolute atomic E-state index is 0.0148. The van der Waals surface area contributed by atoms with Gasteiger partial charge in [0.1, 0.15) is 0 Å². The van der Waals surface area contributed by atoms with Crippen LogP contribution in [0.1, 0.15) is 24.5 Å². The first-order valence-electron chi connectivity index (χ1n) is 7.42. The number of benzene rings is 2. The van der Waals surface area contributed by atoms with Crippen molar-refractivity contribution in [3.8, 4) is 0 Å². The van der Waals surface area contributed by atoms with Gasteiger partial charge < -0.3 is 10.1 Å². The number of esters is 1. The number of aryl methyl sites for hydroxylation is 1. The van der Waals surface area contributed by atoms with Crippen LogP contribution < -0.4 is 5.32 Å². The second-order valence-electron chi connectivity index (χ2n) is 5.28. The Morgan fingerprint density at radius 2 is 1.95 bits per heavy atom. The summed E-state index contributed by atoms with van der Waals surface area (Å²) in [5.74, 6) is -0.210. The van der Waals surface area contributed by atoms with Gasteiger partial charge in [0.15, 0.2) is 0 Å². The summed E-state index contributed by atoms with van der Waals surface area (Å²) in [5.41, 5.74) is 2.32. The van der Waals surface area contributed by atoms with Gasteiger partial charge >= 0.3 is 5.97 Å². The Bertz CT molecular complexity index is 679. The van der Waals surface area contributed by atoms with Crippen LogP contribution in [0.2, 0.25) is 0 Å². The molecule has 22 heavy (non-hydrogen) atoms. The quantitative estimate of drug-likeness (QED) is 0.834. The number of ether oxygens (including phenoxy) is 1. The molecule has 4 nitrogen and oxygen atoms in total. The van der Waals surface area contributed by atoms with Crippen molar-refractivity contribution in [3.63, 3.8) is 0 Å². The molecule has 4 heteroatoms. The Hall–Kier alpha value is -2.36. The lowest BCUT2D eigenvalue weighted by Gasteiger charge is -2.09. The van der Waals surface area contributed by atoms with Crippen LogP contribution in [0.25, 0.3) is 10.8 Å². The first-order valence-corrected chi connectivity index (χ1v) is 7.42. The predicted octanol–water partition coefficient (Wildman–Crippen LogP) is 2.62. The summed E-state index contributed by atoms with van der Waals surface area (Å²) in [4.78, 5) is 22.2. The lowest BCUT2D eigenvalue weighted by Crippen LogP contribution is -2.22. The monoisotopic (exact) mass is 299 g/mol. The molecule has 0 fully saturated rings. The fourth-order valence-electron chi connectivity index (χ4n) is 2.48. The lowest BCUT2D eigenvalue weighted by molar-refractivity contribution is -0.140. The highest BCUT2D eigenvalue weighted by atomic mass is 16.5. The van der Waals surface area contributed by atoms with E-state index in [0.29, 0.717) is 19.4 Å². The average Bonchev–Trinajstić information content (AvgIpc) is 2.52. The molecule has 0 atom stereocenters. The summed E-state index contributed by atoms with van der Waals surface area (Å²) in [7, 11) is 1.41. The highest BCUT2D eigenvalue weighted by molar-refractivity contribution is 5.86. The molecule has 0 aliphatic heterocycles. The van der Waals surface area contributed by atoms with Crippen molar-refractivity contribution in [3.05, 3.63) is 47.5 Å². The van der Waals surface area contributed by atoms with Crippen molar-refractivity contribution in [2.24, 2.45) is 0 Å². The normalized spacial score (nSPS) is 10.5. The van der Waals surface area contributed by atoms with E-state index in [1.807, 2.05) is 12.1 Å². The smallest absolute Gasteiger partial charge is 0.305 e. The summed E-state index contributed by atoms with van der Waals surface area (Å²) in [5, 5.41) is 5.17. The molecule has 0 unspecified atom stereocenters. The minimum atomic E-state index is -0.195. The van der Waals surface area contributed by atoms with Crippen molar-refractivity contribution < 1.29 is 14.3 Å². The molecule has 2 aromatic rings. The second-order valence-corrected chi connectivity index (χ2v) is 5.28. The van der Waals surface area contributed by atoms with E-state index in [1.165, 1.54) is 30.4 Å². The molecule has 1 N–H and O–H groups in total. The van der Waals surface area contributed by atoms with E-state index >= 15 is 0 Å². The van der Waals surface area contributed by atoms with Crippen LogP contribution >= 0.6 is 0 Å². The number of carbonyl (C=O) groups excluding carboxylic acids is 2. The maximum Gasteiger partial charge on any atom is 0.305 e. The van der Waals surface area contributed by atoms with Crippen molar-refractivity contribution in [1.29, 1.82) is 0 Å². The average molecular weight is 299 g/mol. The Kier molecular flexibility index (Phi) is 5.53. The molecule has 0 bridgehead atoms. The Balaban J connectivity index is 2.17. The largest absolute Gasteiger partial charge is 0.469 e. The van der Waals surface area contributed by atoms with Gasteiger partial charge in [0.25, 0.3) is 0 Å². The van der Waals surface area contributed by atoms with E-state index < -0.39 is 0 Å². The van der Waals surface area contributed by atoms with E-state index in [-0.39, 0.29) is 11.9 Å². The summed E-state index contributed by atoms with van der Waals surface area (Å²) in [6.07, 6.45) is 1.84. The second kappa shape index (κ2) is 7.59. The van der Waals surface area contributed by atoms with E-state index in [2.05, 4.69) is 34.3 Å². The molecular formula is C18H21NO3. The van der Waals surface area contributed by atoms with Crippen LogP contribution in [-0.4, -0.2) is 25.5 Å². The van der Waals surface area contributed by atoms with Crippen LogP contribution in [-0.2, 0) is 27.2 Å². The molecule has 1 amide bonds. The van der Waals surface area contributed by atoms with Crippen LogP contribution in [0.15, 0.2) is 36.4 Å².